The highest BCUT2D eigenvalue weighted by Gasteiger charge is 2.11. The van der Waals surface area contributed by atoms with Gasteiger partial charge in [-0.15, -0.1) is 10.2 Å². The fourth-order valence-electron chi connectivity index (χ4n) is 1.05. The first-order chi connectivity index (χ1) is 7.50. The largest absolute Gasteiger partial charge is 0.324 e. The number of rotatable bonds is 6. The van der Waals surface area contributed by atoms with E-state index in [9.17, 15) is 8.42 Å². The van der Waals surface area contributed by atoms with Crippen LogP contribution in [-0.2, 0) is 23.4 Å². The number of thioether (sulfide) groups is 1. The summed E-state index contributed by atoms with van der Waals surface area (Å²) < 4.78 is 24.3. The van der Waals surface area contributed by atoms with Crippen molar-refractivity contribution in [1.82, 2.24) is 14.8 Å². The molecule has 0 aliphatic carbocycles. The molecule has 0 saturated heterocycles. The molecular formula is C8H16N4O2S2. The average molecular weight is 264 g/mol. The second-order valence-corrected chi connectivity index (χ2v) is 6.78. The standard InChI is InChI=1S/C8H16N4O2S2/c1-3-16(13,14)5-4-15-8-11-10-7(6-9)12(8)2/h3-6,9H2,1-2H3. The molecule has 0 fully saturated rings. The fourth-order valence-corrected chi connectivity index (χ4v) is 3.27. The third-order valence-corrected chi connectivity index (χ3v) is 5.16. The summed E-state index contributed by atoms with van der Waals surface area (Å²) in [7, 11) is -1.09. The first-order valence-electron chi connectivity index (χ1n) is 4.91. The van der Waals surface area contributed by atoms with Crippen LogP contribution in [0.2, 0.25) is 0 Å². The molecule has 0 radical (unpaired) electrons. The molecular weight excluding hydrogens is 248 g/mol. The Kier molecular flexibility index (Phi) is 4.75. The predicted molar refractivity (Wildman–Crippen MR) is 63.9 cm³/mol. The van der Waals surface area contributed by atoms with Crippen LogP contribution in [0.1, 0.15) is 12.7 Å². The van der Waals surface area contributed by atoms with Crippen LogP contribution in [0.15, 0.2) is 5.16 Å². The maximum absolute atomic E-state index is 11.3. The van der Waals surface area contributed by atoms with Crippen molar-refractivity contribution in [3.05, 3.63) is 5.82 Å². The topological polar surface area (TPSA) is 90.9 Å². The normalized spacial score (nSPS) is 11.9. The molecule has 92 valence electrons. The molecule has 0 aliphatic rings. The Balaban J connectivity index is 2.53. The minimum Gasteiger partial charge on any atom is -0.324 e. The fraction of sp³-hybridized carbons (Fsp3) is 0.750. The zero-order valence-electron chi connectivity index (χ0n) is 9.38. The van der Waals surface area contributed by atoms with Crippen LogP contribution >= 0.6 is 11.8 Å². The Hall–Kier alpha value is -0.600. The van der Waals surface area contributed by atoms with E-state index in [1.165, 1.54) is 11.8 Å². The van der Waals surface area contributed by atoms with Crippen LogP contribution in [0.3, 0.4) is 0 Å². The summed E-state index contributed by atoms with van der Waals surface area (Å²) in [6.45, 7) is 1.98. The van der Waals surface area contributed by atoms with Gasteiger partial charge < -0.3 is 10.3 Å². The number of hydrogen-bond donors (Lipinski definition) is 1. The number of nitrogens with zero attached hydrogens (tertiary/aromatic N) is 3. The lowest BCUT2D eigenvalue weighted by molar-refractivity contribution is 0.598. The van der Waals surface area contributed by atoms with Gasteiger partial charge in [0.15, 0.2) is 15.0 Å². The molecule has 1 aromatic rings. The summed E-state index contributed by atoms with van der Waals surface area (Å²) in [6, 6.07) is 0. The van der Waals surface area contributed by atoms with Crippen molar-refractivity contribution in [1.29, 1.82) is 0 Å². The highest BCUT2D eigenvalue weighted by molar-refractivity contribution is 8.00. The van der Waals surface area contributed by atoms with Gasteiger partial charge in [0.25, 0.3) is 0 Å². The highest BCUT2D eigenvalue weighted by Crippen LogP contribution is 2.15. The Morgan fingerprint density at radius 2 is 2.12 bits per heavy atom. The van der Waals surface area contributed by atoms with Crippen molar-refractivity contribution >= 4 is 21.6 Å². The van der Waals surface area contributed by atoms with Crippen molar-refractivity contribution in [3.8, 4) is 0 Å². The van der Waals surface area contributed by atoms with Crippen LogP contribution in [0.25, 0.3) is 0 Å². The van der Waals surface area contributed by atoms with E-state index in [4.69, 9.17) is 5.73 Å². The van der Waals surface area contributed by atoms with E-state index in [-0.39, 0.29) is 11.5 Å². The van der Waals surface area contributed by atoms with Crippen LogP contribution in [-0.4, -0.2) is 40.4 Å². The predicted octanol–water partition coefficient (Wildman–Crippen LogP) is -0.199. The second-order valence-electron chi connectivity index (χ2n) is 3.25. The first-order valence-corrected chi connectivity index (χ1v) is 7.72. The molecule has 1 heterocycles. The van der Waals surface area contributed by atoms with Crippen LogP contribution < -0.4 is 5.73 Å². The molecule has 0 unspecified atom stereocenters. The van der Waals surface area contributed by atoms with Gasteiger partial charge in [-0.05, 0) is 0 Å². The van der Waals surface area contributed by atoms with Gasteiger partial charge in [0.2, 0.25) is 0 Å². The molecule has 1 rings (SSSR count). The van der Waals surface area contributed by atoms with Crippen molar-refractivity contribution in [2.24, 2.45) is 12.8 Å². The Bertz CT molecular complexity index is 441. The van der Waals surface area contributed by atoms with Crippen LogP contribution in [0.4, 0.5) is 0 Å². The van der Waals surface area contributed by atoms with E-state index in [0.29, 0.717) is 23.3 Å². The van der Waals surface area contributed by atoms with Gasteiger partial charge in [0, 0.05) is 18.6 Å². The smallest absolute Gasteiger partial charge is 0.191 e. The Morgan fingerprint density at radius 1 is 1.44 bits per heavy atom. The molecule has 0 saturated carbocycles. The van der Waals surface area contributed by atoms with E-state index < -0.39 is 9.84 Å². The lowest BCUT2D eigenvalue weighted by Crippen LogP contribution is -2.11. The van der Waals surface area contributed by atoms with Gasteiger partial charge in [-0.1, -0.05) is 18.7 Å². The molecule has 0 atom stereocenters. The zero-order valence-corrected chi connectivity index (χ0v) is 11.0. The minimum atomic E-state index is -2.90. The number of hydrogen-bond acceptors (Lipinski definition) is 6. The molecule has 0 bridgehead atoms. The molecule has 0 aromatic carbocycles. The Morgan fingerprint density at radius 3 is 2.62 bits per heavy atom. The van der Waals surface area contributed by atoms with Crippen molar-refractivity contribution in [3.63, 3.8) is 0 Å². The van der Waals surface area contributed by atoms with Crippen molar-refractivity contribution in [2.45, 2.75) is 18.6 Å². The van der Waals surface area contributed by atoms with Gasteiger partial charge in [-0.2, -0.15) is 0 Å². The van der Waals surface area contributed by atoms with Gasteiger partial charge in [0.1, 0.15) is 5.82 Å². The number of aromatic nitrogens is 3. The molecule has 2 N–H and O–H groups in total. The third kappa shape index (κ3) is 3.46. The lowest BCUT2D eigenvalue weighted by Gasteiger charge is -2.02. The molecule has 6 nitrogen and oxygen atoms in total. The SMILES string of the molecule is CCS(=O)(=O)CCSc1nnc(CN)n1C. The van der Waals surface area contributed by atoms with Gasteiger partial charge >= 0.3 is 0 Å². The zero-order chi connectivity index (χ0) is 12.2. The number of sulfone groups is 1. The van der Waals surface area contributed by atoms with Gasteiger partial charge in [-0.3, -0.25) is 0 Å². The summed E-state index contributed by atoms with van der Waals surface area (Å²) >= 11 is 1.38. The molecule has 8 heteroatoms. The summed E-state index contributed by atoms with van der Waals surface area (Å²) in [5.41, 5.74) is 5.45. The van der Waals surface area contributed by atoms with E-state index in [1.807, 2.05) is 7.05 Å². The van der Waals surface area contributed by atoms with Gasteiger partial charge in [0.05, 0.1) is 12.3 Å². The maximum atomic E-state index is 11.3. The van der Waals surface area contributed by atoms with E-state index in [0.717, 1.165) is 0 Å². The highest BCUT2D eigenvalue weighted by atomic mass is 32.2. The van der Waals surface area contributed by atoms with Crippen molar-refractivity contribution < 1.29 is 8.42 Å². The van der Waals surface area contributed by atoms with Crippen LogP contribution in [0, 0.1) is 0 Å². The van der Waals surface area contributed by atoms with E-state index >= 15 is 0 Å². The van der Waals surface area contributed by atoms with Gasteiger partial charge in [-0.25, -0.2) is 8.42 Å². The maximum Gasteiger partial charge on any atom is 0.191 e. The quantitative estimate of drug-likeness (QED) is 0.716. The monoisotopic (exact) mass is 264 g/mol. The summed E-state index contributed by atoms with van der Waals surface area (Å²) in [5.74, 6) is 1.53. The van der Waals surface area contributed by atoms with E-state index in [1.54, 1.807) is 11.5 Å². The Labute approximate surface area is 99.5 Å². The molecule has 16 heavy (non-hydrogen) atoms. The minimum absolute atomic E-state index is 0.166. The molecule has 0 amide bonds. The molecule has 0 aliphatic heterocycles. The summed E-state index contributed by atoms with van der Waals surface area (Å²) in [6.07, 6.45) is 0. The molecule has 1 aromatic heterocycles. The summed E-state index contributed by atoms with van der Waals surface area (Å²) in [4.78, 5) is 0. The first kappa shape index (κ1) is 13.5. The third-order valence-electron chi connectivity index (χ3n) is 2.17. The molecule has 0 spiro atoms. The second kappa shape index (κ2) is 5.65. The summed E-state index contributed by atoms with van der Waals surface area (Å²) in [5, 5.41) is 8.52. The number of nitrogens with two attached hydrogens (primary N) is 1. The lowest BCUT2D eigenvalue weighted by atomic mass is 10.6. The average Bonchev–Trinajstić information content (AvgIpc) is 2.60. The van der Waals surface area contributed by atoms with E-state index in [2.05, 4.69) is 10.2 Å². The van der Waals surface area contributed by atoms with Crippen molar-refractivity contribution in [2.75, 3.05) is 17.3 Å². The van der Waals surface area contributed by atoms with Crippen LogP contribution in [0.5, 0.6) is 0 Å².